The summed E-state index contributed by atoms with van der Waals surface area (Å²) in [6, 6.07) is 1.12. The SMILES string of the molecule is Cc1ccncc1N(C=O)C(C)C(O)C(=O)NCC1CCCCC1. The van der Waals surface area contributed by atoms with Crippen molar-refractivity contribution in [1.29, 1.82) is 0 Å². The number of nitrogens with zero attached hydrogens (tertiary/aromatic N) is 2. The van der Waals surface area contributed by atoms with Crippen molar-refractivity contribution in [1.82, 2.24) is 10.3 Å². The summed E-state index contributed by atoms with van der Waals surface area (Å²) in [4.78, 5) is 29.1. The number of aromatic nitrogens is 1. The van der Waals surface area contributed by atoms with E-state index < -0.39 is 18.1 Å². The maximum Gasteiger partial charge on any atom is 0.251 e. The molecule has 0 aliphatic heterocycles. The lowest BCUT2D eigenvalue weighted by Gasteiger charge is -2.30. The van der Waals surface area contributed by atoms with Crippen LogP contribution >= 0.6 is 0 Å². The van der Waals surface area contributed by atoms with Crippen LogP contribution in [0.4, 0.5) is 5.69 Å². The molecule has 1 fully saturated rings. The Hall–Kier alpha value is -1.95. The highest BCUT2D eigenvalue weighted by Gasteiger charge is 2.29. The van der Waals surface area contributed by atoms with Crippen molar-refractivity contribution in [3.05, 3.63) is 24.0 Å². The molecule has 0 radical (unpaired) electrons. The van der Waals surface area contributed by atoms with E-state index in [1.54, 1.807) is 25.4 Å². The summed E-state index contributed by atoms with van der Waals surface area (Å²) in [6.45, 7) is 4.11. The van der Waals surface area contributed by atoms with E-state index in [1.165, 1.54) is 24.2 Å². The highest BCUT2D eigenvalue weighted by molar-refractivity contribution is 5.85. The summed E-state index contributed by atoms with van der Waals surface area (Å²) in [6.07, 6.45) is 8.49. The van der Waals surface area contributed by atoms with Crippen molar-refractivity contribution in [2.45, 2.75) is 58.1 Å². The Kier molecular flexibility index (Phi) is 6.73. The van der Waals surface area contributed by atoms with Crippen LogP contribution in [0.2, 0.25) is 0 Å². The molecule has 2 atom stereocenters. The number of aryl methyl sites for hydroxylation is 1. The summed E-state index contributed by atoms with van der Waals surface area (Å²) in [5, 5.41) is 13.2. The topological polar surface area (TPSA) is 82.5 Å². The van der Waals surface area contributed by atoms with E-state index in [0.717, 1.165) is 18.4 Å². The number of hydrogen-bond donors (Lipinski definition) is 2. The van der Waals surface area contributed by atoms with Crippen LogP contribution in [-0.4, -0.2) is 41.1 Å². The van der Waals surface area contributed by atoms with E-state index in [2.05, 4.69) is 10.3 Å². The molecular formula is C18H27N3O3. The Balaban J connectivity index is 1.96. The summed E-state index contributed by atoms with van der Waals surface area (Å²) < 4.78 is 0. The number of carbonyl (C=O) groups is 2. The van der Waals surface area contributed by atoms with E-state index in [9.17, 15) is 14.7 Å². The first-order valence-electron chi connectivity index (χ1n) is 8.64. The number of rotatable bonds is 7. The second kappa shape index (κ2) is 8.78. The Morgan fingerprint density at radius 1 is 1.46 bits per heavy atom. The quantitative estimate of drug-likeness (QED) is 0.746. The molecule has 132 valence electrons. The summed E-state index contributed by atoms with van der Waals surface area (Å²) in [7, 11) is 0. The third-order valence-corrected chi connectivity index (χ3v) is 4.86. The van der Waals surface area contributed by atoms with Gasteiger partial charge >= 0.3 is 0 Å². The number of aliphatic hydroxyl groups excluding tert-OH is 1. The third kappa shape index (κ3) is 4.54. The predicted molar refractivity (Wildman–Crippen MR) is 92.6 cm³/mol. The summed E-state index contributed by atoms with van der Waals surface area (Å²) in [5.41, 5.74) is 1.46. The molecule has 6 heteroatoms. The number of anilines is 1. The Labute approximate surface area is 143 Å². The minimum Gasteiger partial charge on any atom is -0.381 e. The molecule has 2 N–H and O–H groups in total. The average Bonchev–Trinajstić information content (AvgIpc) is 2.62. The van der Waals surface area contributed by atoms with Gasteiger partial charge in [-0.1, -0.05) is 19.3 Å². The second-order valence-corrected chi connectivity index (χ2v) is 6.61. The van der Waals surface area contributed by atoms with E-state index in [4.69, 9.17) is 0 Å². The molecule has 6 nitrogen and oxygen atoms in total. The number of amides is 2. The zero-order chi connectivity index (χ0) is 17.5. The lowest BCUT2D eigenvalue weighted by atomic mass is 9.89. The number of carbonyl (C=O) groups excluding carboxylic acids is 2. The molecule has 0 spiro atoms. The molecule has 1 heterocycles. The first-order chi connectivity index (χ1) is 11.5. The average molecular weight is 333 g/mol. The van der Waals surface area contributed by atoms with Crippen LogP contribution < -0.4 is 10.2 Å². The molecule has 1 aromatic heterocycles. The van der Waals surface area contributed by atoms with Gasteiger partial charge in [-0.15, -0.1) is 0 Å². The number of hydrogen-bond acceptors (Lipinski definition) is 4. The highest BCUT2D eigenvalue weighted by atomic mass is 16.3. The van der Waals surface area contributed by atoms with E-state index in [1.807, 2.05) is 6.92 Å². The zero-order valence-electron chi connectivity index (χ0n) is 14.4. The smallest absolute Gasteiger partial charge is 0.251 e. The number of pyridine rings is 1. The van der Waals surface area contributed by atoms with Crippen molar-refractivity contribution in [2.75, 3.05) is 11.4 Å². The predicted octanol–water partition coefficient (Wildman–Crippen LogP) is 1.80. The van der Waals surface area contributed by atoms with Gasteiger partial charge < -0.3 is 15.3 Å². The fraction of sp³-hybridized carbons (Fsp3) is 0.611. The largest absolute Gasteiger partial charge is 0.381 e. The van der Waals surface area contributed by atoms with Crippen molar-refractivity contribution >= 4 is 18.0 Å². The van der Waals surface area contributed by atoms with Gasteiger partial charge in [0, 0.05) is 12.7 Å². The minimum atomic E-state index is -1.28. The van der Waals surface area contributed by atoms with Crippen molar-refractivity contribution in [3.63, 3.8) is 0 Å². The van der Waals surface area contributed by atoms with Gasteiger partial charge in [-0.25, -0.2) is 0 Å². The standard InChI is InChI=1S/C18H27N3O3/c1-13-8-9-19-11-16(13)21(12-22)14(2)17(23)18(24)20-10-15-6-4-3-5-7-15/h8-9,11-12,14-15,17,23H,3-7,10H2,1-2H3,(H,20,24). The highest BCUT2D eigenvalue weighted by Crippen LogP contribution is 2.23. The summed E-state index contributed by atoms with van der Waals surface area (Å²) >= 11 is 0. The molecule has 1 aromatic rings. The molecule has 0 saturated heterocycles. The van der Waals surface area contributed by atoms with Gasteiger partial charge in [0.2, 0.25) is 6.41 Å². The van der Waals surface area contributed by atoms with Crippen LogP contribution in [0.1, 0.15) is 44.6 Å². The third-order valence-electron chi connectivity index (χ3n) is 4.86. The molecular weight excluding hydrogens is 306 g/mol. The fourth-order valence-electron chi connectivity index (χ4n) is 3.21. The second-order valence-electron chi connectivity index (χ2n) is 6.61. The maximum absolute atomic E-state index is 12.2. The van der Waals surface area contributed by atoms with Crippen LogP contribution in [0, 0.1) is 12.8 Å². The van der Waals surface area contributed by atoms with E-state index in [0.29, 0.717) is 24.6 Å². The molecule has 1 aliphatic carbocycles. The summed E-state index contributed by atoms with van der Waals surface area (Å²) in [5.74, 6) is 0.0643. The normalized spacial score (nSPS) is 17.8. The van der Waals surface area contributed by atoms with Crippen molar-refractivity contribution in [2.24, 2.45) is 5.92 Å². The lowest BCUT2D eigenvalue weighted by molar-refractivity contribution is -0.130. The maximum atomic E-state index is 12.2. The fourth-order valence-corrected chi connectivity index (χ4v) is 3.21. The van der Waals surface area contributed by atoms with Gasteiger partial charge in [0.25, 0.3) is 5.91 Å². The molecule has 24 heavy (non-hydrogen) atoms. The van der Waals surface area contributed by atoms with Gasteiger partial charge in [0.05, 0.1) is 17.9 Å². The Morgan fingerprint density at radius 2 is 2.17 bits per heavy atom. The molecule has 2 amide bonds. The van der Waals surface area contributed by atoms with Crippen molar-refractivity contribution in [3.8, 4) is 0 Å². The molecule has 0 bridgehead atoms. The monoisotopic (exact) mass is 333 g/mol. The first kappa shape index (κ1) is 18.4. The van der Waals surface area contributed by atoms with E-state index in [-0.39, 0.29) is 0 Å². The van der Waals surface area contributed by atoms with Gasteiger partial charge in [0.1, 0.15) is 0 Å². The van der Waals surface area contributed by atoms with Crippen LogP contribution in [0.5, 0.6) is 0 Å². The van der Waals surface area contributed by atoms with Crippen LogP contribution in [0.3, 0.4) is 0 Å². The molecule has 1 aliphatic rings. The molecule has 2 unspecified atom stereocenters. The van der Waals surface area contributed by atoms with Crippen LogP contribution in [0.15, 0.2) is 18.5 Å². The molecule has 1 saturated carbocycles. The first-order valence-corrected chi connectivity index (χ1v) is 8.64. The number of nitrogens with one attached hydrogen (secondary N) is 1. The van der Waals surface area contributed by atoms with E-state index >= 15 is 0 Å². The van der Waals surface area contributed by atoms with Gasteiger partial charge in [-0.05, 0) is 44.2 Å². The van der Waals surface area contributed by atoms with Gasteiger partial charge in [-0.2, -0.15) is 0 Å². The van der Waals surface area contributed by atoms with Gasteiger partial charge in [-0.3, -0.25) is 14.6 Å². The zero-order valence-corrected chi connectivity index (χ0v) is 14.4. The number of aliphatic hydroxyl groups is 1. The minimum absolute atomic E-state index is 0.429. The van der Waals surface area contributed by atoms with Crippen LogP contribution in [-0.2, 0) is 9.59 Å². The van der Waals surface area contributed by atoms with Crippen LogP contribution in [0.25, 0.3) is 0 Å². The Morgan fingerprint density at radius 3 is 2.79 bits per heavy atom. The van der Waals surface area contributed by atoms with Crippen molar-refractivity contribution < 1.29 is 14.7 Å². The molecule has 0 aromatic carbocycles. The van der Waals surface area contributed by atoms with Gasteiger partial charge in [0.15, 0.2) is 6.10 Å². The molecule has 2 rings (SSSR count). The Bertz CT molecular complexity index is 558. The lowest BCUT2D eigenvalue weighted by Crippen LogP contribution is -2.50.